The van der Waals surface area contributed by atoms with Gasteiger partial charge in [-0.2, -0.15) is 12.6 Å². The van der Waals surface area contributed by atoms with E-state index in [0.29, 0.717) is 0 Å². The Morgan fingerprint density at radius 3 is 2.80 bits per heavy atom. The first kappa shape index (κ1) is 10.0. The van der Waals surface area contributed by atoms with E-state index in [2.05, 4.69) is 19.6 Å². The Hall–Kier alpha value is 0.0500. The molecule has 0 saturated carbocycles. The first-order valence-electron chi connectivity index (χ1n) is 3.75. The van der Waals surface area contributed by atoms with E-state index in [0.717, 1.165) is 25.4 Å². The summed E-state index contributed by atoms with van der Waals surface area (Å²) >= 11 is 4.02. The molecule has 60 valence electrons. The Balaban J connectivity index is 2.83. The van der Waals surface area contributed by atoms with Crippen LogP contribution in [0, 0.1) is 0 Å². The molecule has 0 aliphatic carbocycles. The lowest BCUT2D eigenvalue weighted by atomic mass is 10.4. The maximum Gasteiger partial charge on any atom is 0.0647 e. The number of hydrogen-bond donors (Lipinski definition) is 1. The molecule has 0 atom stereocenters. The van der Waals surface area contributed by atoms with Crippen LogP contribution >= 0.6 is 12.6 Å². The second kappa shape index (κ2) is 9.05. The summed E-state index contributed by atoms with van der Waals surface area (Å²) in [5.41, 5.74) is 0. The standard InChI is InChI=1S/C8H16OS/c1-2-3-6-9-7-4-5-8-10/h4-5,10H,2-3,6-8H2,1H3. The fraction of sp³-hybridized carbons (Fsp3) is 0.750. The van der Waals surface area contributed by atoms with Gasteiger partial charge in [0.05, 0.1) is 6.61 Å². The molecule has 0 N–H and O–H groups in total. The number of unbranched alkanes of at least 4 members (excludes halogenated alkanes) is 1. The van der Waals surface area contributed by atoms with Crippen LogP contribution in [0.25, 0.3) is 0 Å². The summed E-state index contributed by atoms with van der Waals surface area (Å²) in [5, 5.41) is 0. The van der Waals surface area contributed by atoms with E-state index in [9.17, 15) is 0 Å². The molecule has 2 heteroatoms. The van der Waals surface area contributed by atoms with Crippen LogP contribution in [0.15, 0.2) is 12.2 Å². The number of rotatable bonds is 6. The van der Waals surface area contributed by atoms with Gasteiger partial charge in [-0.05, 0) is 6.42 Å². The summed E-state index contributed by atoms with van der Waals surface area (Å²) in [6.45, 7) is 3.78. The molecular weight excluding hydrogens is 144 g/mol. The molecule has 0 bridgehead atoms. The molecule has 0 radical (unpaired) electrons. The SMILES string of the molecule is CCCCOCC=CCS. The largest absolute Gasteiger partial charge is 0.377 e. The van der Waals surface area contributed by atoms with Gasteiger partial charge in [-0.15, -0.1) is 0 Å². The highest BCUT2D eigenvalue weighted by Gasteiger charge is 1.81. The third-order valence-corrected chi connectivity index (χ3v) is 1.34. The second-order valence-corrected chi connectivity index (χ2v) is 2.45. The van der Waals surface area contributed by atoms with Gasteiger partial charge in [-0.25, -0.2) is 0 Å². The van der Waals surface area contributed by atoms with Crippen molar-refractivity contribution in [2.75, 3.05) is 19.0 Å². The molecule has 1 nitrogen and oxygen atoms in total. The average Bonchev–Trinajstić information content (AvgIpc) is 1.97. The van der Waals surface area contributed by atoms with Crippen LogP contribution in [0.5, 0.6) is 0 Å². The zero-order chi connectivity index (χ0) is 7.66. The number of thiol groups is 1. The van der Waals surface area contributed by atoms with E-state index in [1.165, 1.54) is 6.42 Å². The van der Waals surface area contributed by atoms with Crippen molar-refractivity contribution < 1.29 is 4.74 Å². The molecule has 10 heavy (non-hydrogen) atoms. The molecule has 0 aromatic carbocycles. The number of ether oxygens (including phenoxy) is 1. The predicted octanol–water partition coefficient (Wildman–Crippen LogP) is 2.29. The maximum atomic E-state index is 5.26. The first-order valence-corrected chi connectivity index (χ1v) is 4.38. The van der Waals surface area contributed by atoms with Gasteiger partial charge in [0.15, 0.2) is 0 Å². The fourth-order valence-electron chi connectivity index (χ4n) is 0.540. The van der Waals surface area contributed by atoms with Gasteiger partial charge in [-0.1, -0.05) is 25.5 Å². The Kier molecular flexibility index (Phi) is 9.10. The summed E-state index contributed by atoms with van der Waals surface area (Å²) in [4.78, 5) is 0. The van der Waals surface area contributed by atoms with Crippen molar-refractivity contribution >= 4 is 12.6 Å². The summed E-state index contributed by atoms with van der Waals surface area (Å²) in [6, 6.07) is 0. The van der Waals surface area contributed by atoms with E-state index in [4.69, 9.17) is 4.74 Å². The highest BCUT2D eigenvalue weighted by molar-refractivity contribution is 7.80. The number of hydrogen-bond acceptors (Lipinski definition) is 2. The third kappa shape index (κ3) is 8.05. The van der Waals surface area contributed by atoms with Crippen LogP contribution < -0.4 is 0 Å². The summed E-state index contributed by atoms with van der Waals surface area (Å²) in [7, 11) is 0. The molecular formula is C8H16OS. The van der Waals surface area contributed by atoms with E-state index in [-0.39, 0.29) is 0 Å². The summed E-state index contributed by atoms with van der Waals surface area (Å²) in [5.74, 6) is 0.803. The highest BCUT2D eigenvalue weighted by Crippen LogP contribution is 1.87. The predicted molar refractivity (Wildman–Crippen MR) is 48.7 cm³/mol. The zero-order valence-electron chi connectivity index (χ0n) is 6.55. The van der Waals surface area contributed by atoms with Crippen LogP contribution in [0.3, 0.4) is 0 Å². The van der Waals surface area contributed by atoms with Crippen molar-refractivity contribution in [1.29, 1.82) is 0 Å². The second-order valence-electron chi connectivity index (χ2n) is 2.08. The van der Waals surface area contributed by atoms with Gasteiger partial charge >= 0.3 is 0 Å². The molecule has 0 rings (SSSR count). The monoisotopic (exact) mass is 160 g/mol. The molecule has 0 fully saturated rings. The summed E-state index contributed by atoms with van der Waals surface area (Å²) in [6.07, 6.45) is 6.36. The van der Waals surface area contributed by atoms with Crippen LogP contribution in [-0.2, 0) is 4.74 Å². The van der Waals surface area contributed by atoms with Crippen molar-refractivity contribution in [3.05, 3.63) is 12.2 Å². The van der Waals surface area contributed by atoms with E-state index in [1.807, 2.05) is 12.2 Å². The van der Waals surface area contributed by atoms with E-state index >= 15 is 0 Å². The minimum atomic E-state index is 0.737. The highest BCUT2D eigenvalue weighted by atomic mass is 32.1. The first-order chi connectivity index (χ1) is 4.91. The minimum absolute atomic E-state index is 0.737. The topological polar surface area (TPSA) is 9.23 Å². The molecule has 0 heterocycles. The van der Waals surface area contributed by atoms with Gasteiger partial charge < -0.3 is 4.74 Å². The lowest BCUT2D eigenvalue weighted by molar-refractivity contribution is 0.159. The van der Waals surface area contributed by atoms with Crippen LogP contribution in [-0.4, -0.2) is 19.0 Å². The smallest absolute Gasteiger partial charge is 0.0647 e. The average molecular weight is 160 g/mol. The van der Waals surface area contributed by atoms with Crippen LogP contribution in [0.4, 0.5) is 0 Å². The van der Waals surface area contributed by atoms with Crippen molar-refractivity contribution in [3.8, 4) is 0 Å². The Bertz CT molecular complexity index is 81.3. The van der Waals surface area contributed by atoms with Gasteiger partial charge in [0.25, 0.3) is 0 Å². The van der Waals surface area contributed by atoms with Crippen molar-refractivity contribution in [1.82, 2.24) is 0 Å². The van der Waals surface area contributed by atoms with Crippen LogP contribution in [0.2, 0.25) is 0 Å². The van der Waals surface area contributed by atoms with Gasteiger partial charge in [0, 0.05) is 12.4 Å². The Morgan fingerprint density at radius 2 is 2.20 bits per heavy atom. The van der Waals surface area contributed by atoms with Crippen LogP contribution in [0.1, 0.15) is 19.8 Å². The quantitative estimate of drug-likeness (QED) is 0.356. The molecule has 0 spiro atoms. The molecule has 0 unspecified atom stereocenters. The molecule has 0 aromatic heterocycles. The van der Waals surface area contributed by atoms with Crippen molar-refractivity contribution in [3.63, 3.8) is 0 Å². The molecule has 0 amide bonds. The van der Waals surface area contributed by atoms with Gasteiger partial charge in [0.1, 0.15) is 0 Å². The van der Waals surface area contributed by atoms with Gasteiger partial charge in [-0.3, -0.25) is 0 Å². The molecule has 0 aliphatic heterocycles. The third-order valence-electron chi connectivity index (χ3n) is 1.13. The van der Waals surface area contributed by atoms with Crippen molar-refractivity contribution in [2.24, 2.45) is 0 Å². The van der Waals surface area contributed by atoms with Crippen molar-refractivity contribution in [2.45, 2.75) is 19.8 Å². The molecule has 0 aromatic rings. The minimum Gasteiger partial charge on any atom is -0.377 e. The normalized spacial score (nSPS) is 11.0. The van der Waals surface area contributed by atoms with Gasteiger partial charge in [0.2, 0.25) is 0 Å². The molecule has 0 saturated heterocycles. The fourth-order valence-corrected chi connectivity index (χ4v) is 0.689. The van der Waals surface area contributed by atoms with E-state index in [1.54, 1.807) is 0 Å². The lowest BCUT2D eigenvalue weighted by Gasteiger charge is -1.96. The lowest BCUT2D eigenvalue weighted by Crippen LogP contribution is -1.92. The zero-order valence-corrected chi connectivity index (χ0v) is 7.44. The molecule has 0 aliphatic rings. The Labute approximate surface area is 68.9 Å². The Morgan fingerprint density at radius 1 is 1.40 bits per heavy atom. The maximum absolute atomic E-state index is 5.26. The van der Waals surface area contributed by atoms with E-state index < -0.39 is 0 Å². The summed E-state index contributed by atoms with van der Waals surface area (Å²) < 4.78 is 5.26.